The molecular formula is C17H21ClO7. The van der Waals surface area contributed by atoms with Gasteiger partial charge in [-0.05, 0) is 30.2 Å². The van der Waals surface area contributed by atoms with Gasteiger partial charge in [0.2, 0.25) is 0 Å². The molecule has 0 fully saturated rings. The lowest BCUT2D eigenvalue weighted by Crippen LogP contribution is -2.14. The lowest BCUT2D eigenvalue weighted by molar-refractivity contribution is -0.154. The third-order valence-corrected chi connectivity index (χ3v) is 3.69. The predicted molar refractivity (Wildman–Crippen MR) is 91.8 cm³/mol. The van der Waals surface area contributed by atoms with Crippen LogP contribution in [-0.4, -0.2) is 47.2 Å². The smallest absolute Gasteiger partial charge is 0.334 e. The minimum atomic E-state index is -0.641. The van der Waals surface area contributed by atoms with E-state index >= 15 is 0 Å². The summed E-state index contributed by atoms with van der Waals surface area (Å²) in [4.78, 5) is 23.9. The van der Waals surface area contributed by atoms with Crippen LogP contribution in [0.2, 0.25) is 5.02 Å². The molecular weight excluding hydrogens is 352 g/mol. The maximum Gasteiger partial charge on any atom is 0.334 e. The average molecular weight is 373 g/mol. The van der Waals surface area contributed by atoms with Crippen molar-refractivity contribution < 1.29 is 33.3 Å². The molecule has 0 aliphatic carbocycles. The van der Waals surface area contributed by atoms with Gasteiger partial charge < -0.3 is 23.7 Å². The summed E-state index contributed by atoms with van der Waals surface area (Å²) in [5.74, 6) is -0.485. The monoisotopic (exact) mass is 372 g/mol. The zero-order valence-electron chi connectivity index (χ0n) is 14.8. The van der Waals surface area contributed by atoms with Crippen LogP contribution in [0, 0.1) is 0 Å². The topological polar surface area (TPSA) is 80.3 Å². The van der Waals surface area contributed by atoms with Crippen LogP contribution in [0.5, 0.6) is 11.5 Å². The number of ether oxygens (including phenoxy) is 5. The van der Waals surface area contributed by atoms with E-state index in [1.54, 1.807) is 19.1 Å². The molecule has 0 saturated heterocycles. The van der Waals surface area contributed by atoms with Crippen LogP contribution in [0.4, 0.5) is 0 Å². The highest BCUT2D eigenvalue weighted by Gasteiger charge is 2.21. The Labute approximate surface area is 151 Å². The summed E-state index contributed by atoms with van der Waals surface area (Å²) >= 11 is 6.20. The van der Waals surface area contributed by atoms with Gasteiger partial charge in [0, 0.05) is 7.11 Å². The van der Waals surface area contributed by atoms with E-state index in [1.165, 1.54) is 28.4 Å². The molecule has 0 spiro atoms. The van der Waals surface area contributed by atoms with Crippen LogP contribution < -0.4 is 9.47 Å². The van der Waals surface area contributed by atoms with E-state index in [0.717, 1.165) is 0 Å². The van der Waals surface area contributed by atoms with E-state index in [4.69, 9.17) is 30.5 Å². The molecule has 0 heterocycles. The van der Waals surface area contributed by atoms with E-state index in [9.17, 15) is 9.59 Å². The fraction of sp³-hybridized carbons (Fsp3) is 0.412. The molecule has 0 saturated carbocycles. The van der Waals surface area contributed by atoms with Crippen LogP contribution >= 0.6 is 11.6 Å². The third kappa shape index (κ3) is 5.37. The summed E-state index contributed by atoms with van der Waals surface area (Å²) in [6.07, 6.45) is -0.270. The van der Waals surface area contributed by atoms with Crippen molar-refractivity contribution in [2.45, 2.75) is 13.3 Å². The second-order valence-electron chi connectivity index (χ2n) is 4.89. The van der Waals surface area contributed by atoms with Crippen LogP contribution in [0.25, 0.3) is 5.57 Å². The molecule has 0 amide bonds. The number of hydrogen-bond donors (Lipinski definition) is 0. The minimum absolute atomic E-state index is 0.145. The Balaban J connectivity index is 3.34. The van der Waals surface area contributed by atoms with Gasteiger partial charge in [-0.25, -0.2) is 4.79 Å². The third-order valence-electron chi connectivity index (χ3n) is 3.41. The largest absolute Gasteiger partial charge is 0.493 e. The first-order valence-corrected chi connectivity index (χ1v) is 7.61. The molecule has 0 bridgehead atoms. The summed E-state index contributed by atoms with van der Waals surface area (Å²) in [5, 5.41) is 0.308. The summed E-state index contributed by atoms with van der Waals surface area (Å²) in [6, 6.07) is 3.27. The van der Waals surface area contributed by atoms with Crippen molar-refractivity contribution in [2.75, 3.05) is 35.2 Å². The maximum absolute atomic E-state index is 12.1. The highest BCUT2D eigenvalue weighted by molar-refractivity contribution is 6.32. The molecule has 1 aromatic carbocycles. The SMILES string of the molecule is COCOC(=O)C/C(C(=O)OC)=C(/C)c1cc(Cl)c(OC)c(OC)c1. The van der Waals surface area contributed by atoms with E-state index in [1.807, 2.05) is 0 Å². The van der Waals surface area contributed by atoms with Crippen molar-refractivity contribution in [3.63, 3.8) is 0 Å². The molecule has 138 valence electrons. The standard InChI is InChI=1S/C17H21ClO7/c1-10(11-6-13(18)16(23-4)14(7-11)22-3)12(17(20)24-5)8-15(19)25-9-21-2/h6-7H,8-9H2,1-5H3/b12-10+. The molecule has 1 rings (SSSR count). The number of benzene rings is 1. The molecule has 0 atom stereocenters. The molecule has 7 nitrogen and oxygen atoms in total. The maximum atomic E-state index is 12.1. The molecule has 0 aliphatic rings. The number of rotatable bonds is 8. The quantitative estimate of drug-likeness (QED) is 0.394. The first-order chi connectivity index (χ1) is 11.9. The van der Waals surface area contributed by atoms with Gasteiger partial charge in [-0.15, -0.1) is 0 Å². The van der Waals surface area contributed by atoms with Crippen LogP contribution in [0.3, 0.4) is 0 Å². The number of hydrogen-bond acceptors (Lipinski definition) is 7. The number of carbonyl (C=O) groups excluding carboxylic acids is 2. The van der Waals surface area contributed by atoms with Gasteiger partial charge in [-0.1, -0.05) is 11.6 Å². The number of carbonyl (C=O) groups is 2. The van der Waals surface area contributed by atoms with Crippen molar-refractivity contribution >= 4 is 29.1 Å². The Morgan fingerprint density at radius 1 is 1.08 bits per heavy atom. The fourth-order valence-electron chi connectivity index (χ4n) is 2.11. The van der Waals surface area contributed by atoms with Crippen LogP contribution in [-0.2, 0) is 23.8 Å². The predicted octanol–water partition coefficient (Wildman–Crippen LogP) is 2.84. The summed E-state index contributed by atoms with van der Waals surface area (Å²) in [5.41, 5.74) is 1.23. The van der Waals surface area contributed by atoms with E-state index in [2.05, 4.69) is 4.74 Å². The Kier molecular flexibility index (Phi) is 8.24. The summed E-state index contributed by atoms with van der Waals surface area (Å²) < 4.78 is 24.7. The molecule has 0 N–H and O–H groups in total. The molecule has 0 radical (unpaired) electrons. The molecule has 8 heteroatoms. The van der Waals surface area contributed by atoms with Crippen molar-refractivity contribution in [2.24, 2.45) is 0 Å². The minimum Gasteiger partial charge on any atom is -0.493 e. The fourth-order valence-corrected chi connectivity index (χ4v) is 2.40. The Bertz CT molecular complexity index is 667. The second-order valence-corrected chi connectivity index (χ2v) is 5.30. The van der Waals surface area contributed by atoms with Gasteiger partial charge in [0.25, 0.3) is 0 Å². The highest BCUT2D eigenvalue weighted by Crippen LogP contribution is 2.38. The molecule has 0 aliphatic heterocycles. The number of esters is 2. The molecule has 1 aromatic rings. The van der Waals surface area contributed by atoms with Crippen molar-refractivity contribution in [3.8, 4) is 11.5 Å². The lowest BCUT2D eigenvalue weighted by Gasteiger charge is -2.14. The van der Waals surface area contributed by atoms with E-state index in [-0.39, 0.29) is 18.8 Å². The average Bonchev–Trinajstić information content (AvgIpc) is 2.62. The number of halogens is 1. The Hall–Kier alpha value is -2.25. The van der Waals surface area contributed by atoms with E-state index in [0.29, 0.717) is 27.7 Å². The highest BCUT2D eigenvalue weighted by atomic mass is 35.5. The first kappa shape index (κ1) is 20.8. The van der Waals surface area contributed by atoms with Crippen molar-refractivity contribution in [3.05, 3.63) is 28.3 Å². The van der Waals surface area contributed by atoms with Gasteiger partial charge in [0.1, 0.15) is 0 Å². The van der Waals surface area contributed by atoms with Gasteiger partial charge in [0.15, 0.2) is 18.3 Å². The van der Waals surface area contributed by atoms with E-state index < -0.39 is 11.9 Å². The van der Waals surface area contributed by atoms with Crippen molar-refractivity contribution in [1.82, 2.24) is 0 Å². The molecule has 0 unspecified atom stereocenters. The second kappa shape index (κ2) is 9.90. The van der Waals surface area contributed by atoms with Gasteiger partial charge in [0.05, 0.1) is 38.3 Å². The van der Waals surface area contributed by atoms with Crippen molar-refractivity contribution in [1.29, 1.82) is 0 Å². The van der Waals surface area contributed by atoms with Crippen LogP contribution in [0.1, 0.15) is 18.9 Å². The molecule has 25 heavy (non-hydrogen) atoms. The van der Waals surface area contributed by atoms with Gasteiger partial charge in [-0.3, -0.25) is 4.79 Å². The van der Waals surface area contributed by atoms with Gasteiger partial charge in [-0.2, -0.15) is 0 Å². The zero-order chi connectivity index (χ0) is 19.0. The Morgan fingerprint density at radius 3 is 2.28 bits per heavy atom. The summed E-state index contributed by atoms with van der Waals surface area (Å²) in [7, 11) is 5.57. The zero-order valence-corrected chi connectivity index (χ0v) is 15.6. The number of methoxy groups -OCH3 is 4. The first-order valence-electron chi connectivity index (χ1n) is 7.24. The summed E-state index contributed by atoms with van der Waals surface area (Å²) in [6.45, 7) is 1.47. The van der Waals surface area contributed by atoms with Crippen LogP contribution in [0.15, 0.2) is 17.7 Å². The number of allylic oxidation sites excluding steroid dienone is 1. The molecule has 0 aromatic heterocycles. The van der Waals surface area contributed by atoms with Gasteiger partial charge >= 0.3 is 11.9 Å². The Morgan fingerprint density at radius 2 is 1.76 bits per heavy atom. The normalized spacial score (nSPS) is 11.4. The lowest BCUT2D eigenvalue weighted by atomic mass is 9.98.